The standard InChI is InChI=1S/C12H13BrF2O3/c1-2-17-11(16)6-4-8-3-5-9(7-10(8)13)18-12(14)15/h3,5,7,12H,2,4,6H2,1H3. The van der Waals surface area contributed by atoms with Gasteiger partial charge in [-0.05, 0) is 31.0 Å². The average Bonchev–Trinajstić information content (AvgIpc) is 2.27. The van der Waals surface area contributed by atoms with Crippen LogP contribution in [0.25, 0.3) is 0 Å². The lowest BCUT2D eigenvalue weighted by Gasteiger charge is -2.08. The molecule has 0 amide bonds. The molecule has 18 heavy (non-hydrogen) atoms. The van der Waals surface area contributed by atoms with Gasteiger partial charge in [0, 0.05) is 10.9 Å². The predicted molar refractivity (Wildman–Crippen MR) is 65.7 cm³/mol. The third-order valence-electron chi connectivity index (χ3n) is 2.15. The molecule has 0 aromatic heterocycles. The first-order chi connectivity index (χ1) is 8.52. The fraction of sp³-hybridized carbons (Fsp3) is 0.417. The molecule has 0 saturated heterocycles. The topological polar surface area (TPSA) is 35.5 Å². The van der Waals surface area contributed by atoms with Crippen molar-refractivity contribution in [1.82, 2.24) is 0 Å². The van der Waals surface area contributed by atoms with Crippen LogP contribution in [0.15, 0.2) is 22.7 Å². The Bertz CT molecular complexity index is 410. The number of carbonyl (C=O) groups is 1. The molecular formula is C12H13BrF2O3. The second-order valence-corrected chi connectivity index (χ2v) is 4.29. The maximum absolute atomic E-state index is 12.0. The highest BCUT2D eigenvalue weighted by Crippen LogP contribution is 2.25. The number of esters is 1. The van der Waals surface area contributed by atoms with E-state index in [0.29, 0.717) is 17.5 Å². The maximum Gasteiger partial charge on any atom is 0.387 e. The Kier molecular flexibility index (Phi) is 6.04. The summed E-state index contributed by atoms with van der Waals surface area (Å²) in [6.45, 7) is -0.756. The van der Waals surface area contributed by atoms with Crippen molar-refractivity contribution in [2.45, 2.75) is 26.4 Å². The van der Waals surface area contributed by atoms with Gasteiger partial charge in [0.1, 0.15) is 5.75 Å². The van der Waals surface area contributed by atoms with Crippen LogP contribution in [0.1, 0.15) is 18.9 Å². The average molecular weight is 323 g/mol. The van der Waals surface area contributed by atoms with E-state index >= 15 is 0 Å². The Morgan fingerprint density at radius 3 is 2.72 bits per heavy atom. The van der Waals surface area contributed by atoms with E-state index in [1.807, 2.05) is 0 Å². The lowest BCUT2D eigenvalue weighted by Crippen LogP contribution is -2.06. The molecule has 100 valence electrons. The molecule has 1 aromatic carbocycles. The van der Waals surface area contributed by atoms with Gasteiger partial charge in [0.25, 0.3) is 0 Å². The van der Waals surface area contributed by atoms with Gasteiger partial charge in [0.05, 0.1) is 6.61 Å². The highest BCUT2D eigenvalue weighted by molar-refractivity contribution is 9.10. The Morgan fingerprint density at radius 1 is 1.44 bits per heavy atom. The first-order valence-corrected chi connectivity index (χ1v) is 6.21. The Hall–Kier alpha value is -1.17. The summed E-state index contributed by atoms with van der Waals surface area (Å²) in [7, 11) is 0. The van der Waals surface area contributed by atoms with Crippen molar-refractivity contribution in [1.29, 1.82) is 0 Å². The lowest BCUT2D eigenvalue weighted by molar-refractivity contribution is -0.143. The molecule has 0 fully saturated rings. The van der Waals surface area contributed by atoms with Crippen molar-refractivity contribution in [3.05, 3.63) is 28.2 Å². The van der Waals surface area contributed by atoms with E-state index in [0.717, 1.165) is 5.56 Å². The van der Waals surface area contributed by atoms with Gasteiger partial charge < -0.3 is 9.47 Å². The number of ether oxygens (including phenoxy) is 2. The minimum atomic E-state index is -2.85. The van der Waals surface area contributed by atoms with Gasteiger partial charge in [0.2, 0.25) is 0 Å². The van der Waals surface area contributed by atoms with E-state index in [1.165, 1.54) is 12.1 Å². The summed E-state index contributed by atoms with van der Waals surface area (Å²) >= 11 is 3.25. The number of carbonyl (C=O) groups excluding carboxylic acids is 1. The van der Waals surface area contributed by atoms with E-state index < -0.39 is 6.61 Å². The predicted octanol–water partition coefficient (Wildman–Crippen LogP) is 3.55. The van der Waals surface area contributed by atoms with Crippen molar-refractivity contribution in [3.8, 4) is 5.75 Å². The quantitative estimate of drug-likeness (QED) is 0.751. The van der Waals surface area contributed by atoms with Crippen LogP contribution < -0.4 is 4.74 Å². The van der Waals surface area contributed by atoms with E-state index in [4.69, 9.17) is 4.74 Å². The molecule has 1 rings (SSSR count). The van der Waals surface area contributed by atoms with Gasteiger partial charge in [-0.2, -0.15) is 8.78 Å². The zero-order valence-corrected chi connectivity index (χ0v) is 11.4. The highest BCUT2D eigenvalue weighted by Gasteiger charge is 2.09. The van der Waals surface area contributed by atoms with E-state index in [2.05, 4.69) is 20.7 Å². The van der Waals surface area contributed by atoms with Crippen molar-refractivity contribution >= 4 is 21.9 Å². The van der Waals surface area contributed by atoms with Crippen molar-refractivity contribution in [2.24, 2.45) is 0 Å². The SMILES string of the molecule is CCOC(=O)CCc1ccc(OC(F)F)cc1Br. The molecule has 3 nitrogen and oxygen atoms in total. The van der Waals surface area contributed by atoms with Gasteiger partial charge in [0.15, 0.2) is 0 Å². The van der Waals surface area contributed by atoms with Crippen LogP contribution in [0.4, 0.5) is 8.78 Å². The number of benzene rings is 1. The van der Waals surface area contributed by atoms with Crippen LogP contribution in [0.5, 0.6) is 5.75 Å². The molecular weight excluding hydrogens is 310 g/mol. The lowest BCUT2D eigenvalue weighted by atomic mass is 10.1. The second-order valence-electron chi connectivity index (χ2n) is 3.44. The van der Waals surface area contributed by atoms with Gasteiger partial charge in [-0.15, -0.1) is 0 Å². The number of rotatable bonds is 6. The molecule has 0 aliphatic rings. The fourth-order valence-electron chi connectivity index (χ4n) is 1.38. The van der Waals surface area contributed by atoms with Crippen LogP contribution in [-0.4, -0.2) is 19.2 Å². The summed E-state index contributed by atoms with van der Waals surface area (Å²) in [6, 6.07) is 4.53. The molecule has 6 heteroatoms. The summed E-state index contributed by atoms with van der Waals surface area (Å²) in [5, 5.41) is 0. The molecule has 0 N–H and O–H groups in total. The van der Waals surface area contributed by atoms with E-state index in [-0.39, 0.29) is 18.1 Å². The summed E-state index contributed by atoms with van der Waals surface area (Å²) < 4.78 is 33.7. The third-order valence-corrected chi connectivity index (χ3v) is 2.89. The van der Waals surface area contributed by atoms with Crippen LogP contribution in [0, 0.1) is 0 Å². The third kappa shape index (κ3) is 5.00. The minimum Gasteiger partial charge on any atom is -0.466 e. The van der Waals surface area contributed by atoms with Gasteiger partial charge in [-0.25, -0.2) is 0 Å². The molecule has 0 spiro atoms. The molecule has 0 heterocycles. The molecule has 0 atom stereocenters. The number of halogens is 3. The summed E-state index contributed by atoms with van der Waals surface area (Å²) in [4.78, 5) is 11.2. The fourth-order valence-corrected chi connectivity index (χ4v) is 1.93. The van der Waals surface area contributed by atoms with Gasteiger partial charge in [-0.3, -0.25) is 4.79 Å². The monoisotopic (exact) mass is 322 g/mol. The van der Waals surface area contributed by atoms with E-state index in [9.17, 15) is 13.6 Å². The van der Waals surface area contributed by atoms with E-state index in [1.54, 1.807) is 13.0 Å². The summed E-state index contributed by atoms with van der Waals surface area (Å²) in [5.41, 5.74) is 0.838. The normalized spacial score (nSPS) is 10.5. The van der Waals surface area contributed by atoms with Crippen molar-refractivity contribution in [2.75, 3.05) is 6.61 Å². The first kappa shape index (κ1) is 14.9. The smallest absolute Gasteiger partial charge is 0.387 e. The molecule has 1 aromatic rings. The van der Waals surface area contributed by atoms with Crippen LogP contribution >= 0.6 is 15.9 Å². The first-order valence-electron chi connectivity index (χ1n) is 5.41. The zero-order chi connectivity index (χ0) is 13.5. The largest absolute Gasteiger partial charge is 0.466 e. The molecule has 0 bridgehead atoms. The van der Waals surface area contributed by atoms with Crippen LogP contribution in [0.3, 0.4) is 0 Å². The van der Waals surface area contributed by atoms with Crippen molar-refractivity contribution in [3.63, 3.8) is 0 Å². The molecule has 0 aliphatic carbocycles. The number of hydrogen-bond acceptors (Lipinski definition) is 3. The molecule has 0 unspecified atom stereocenters. The molecule has 0 saturated carbocycles. The zero-order valence-electron chi connectivity index (χ0n) is 9.79. The Labute approximate surface area is 112 Å². The molecule has 0 aliphatic heterocycles. The number of hydrogen-bond donors (Lipinski definition) is 0. The number of aryl methyl sites for hydroxylation is 1. The van der Waals surface area contributed by atoms with Crippen LogP contribution in [0.2, 0.25) is 0 Å². The summed E-state index contributed by atoms with van der Waals surface area (Å²) in [5.74, 6) is -0.200. The maximum atomic E-state index is 12.0. The highest BCUT2D eigenvalue weighted by atomic mass is 79.9. The Balaban J connectivity index is 2.59. The molecule has 0 radical (unpaired) electrons. The van der Waals surface area contributed by atoms with Crippen LogP contribution in [-0.2, 0) is 16.0 Å². The Morgan fingerprint density at radius 2 is 2.17 bits per heavy atom. The summed E-state index contributed by atoms with van der Waals surface area (Å²) in [6.07, 6.45) is 0.732. The second kappa shape index (κ2) is 7.31. The van der Waals surface area contributed by atoms with Gasteiger partial charge in [-0.1, -0.05) is 22.0 Å². The minimum absolute atomic E-state index is 0.0803. The number of alkyl halides is 2. The van der Waals surface area contributed by atoms with Crippen molar-refractivity contribution < 1.29 is 23.0 Å². The van der Waals surface area contributed by atoms with Gasteiger partial charge >= 0.3 is 12.6 Å².